The molecule has 0 saturated carbocycles. The summed E-state index contributed by atoms with van der Waals surface area (Å²) in [5.41, 5.74) is 3.47. The molecule has 6 heteroatoms. The third-order valence-corrected chi connectivity index (χ3v) is 3.33. The molecule has 0 fully saturated rings. The van der Waals surface area contributed by atoms with E-state index in [1.807, 2.05) is 6.92 Å². The van der Waals surface area contributed by atoms with Crippen molar-refractivity contribution >= 4 is 18.1 Å². The Hall–Kier alpha value is -3.15. The number of hydrogen-bond acceptors (Lipinski definition) is 5. The van der Waals surface area contributed by atoms with Gasteiger partial charge in [0, 0.05) is 12.0 Å². The van der Waals surface area contributed by atoms with Gasteiger partial charge in [0.1, 0.15) is 11.5 Å². The lowest BCUT2D eigenvalue weighted by molar-refractivity contribution is -0.134. The molecular formula is C19H20N2O4. The lowest BCUT2D eigenvalue weighted by atomic mass is 10.2. The van der Waals surface area contributed by atoms with Crippen LogP contribution in [-0.4, -0.2) is 23.2 Å². The van der Waals surface area contributed by atoms with E-state index in [4.69, 9.17) is 4.74 Å². The molecule has 25 heavy (non-hydrogen) atoms. The number of benzene rings is 2. The number of unbranched alkanes of at least 4 members (excludes halogenated alkanes) is 1. The van der Waals surface area contributed by atoms with Crippen LogP contribution in [0.5, 0.6) is 11.5 Å². The van der Waals surface area contributed by atoms with Crippen LogP contribution in [0, 0.1) is 0 Å². The number of phenols is 1. The first-order chi connectivity index (χ1) is 12.1. The van der Waals surface area contributed by atoms with Gasteiger partial charge in [-0.1, -0.05) is 25.5 Å². The second-order valence-electron chi connectivity index (χ2n) is 5.40. The summed E-state index contributed by atoms with van der Waals surface area (Å²) in [7, 11) is 0. The average Bonchev–Trinajstić information content (AvgIpc) is 2.61. The second-order valence-corrected chi connectivity index (χ2v) is 5.40. The molecule has 0 aliphatic rings. The molecule has 0 heterocycles. The van der Waals surface area contributed by atoms with Gasteiger partial charge in [-0.05, 0) is 48.4 Å². The normalized spacial score (nSPS) is 10.6. The lowest BCUT2D eigenvalue weighted by Crippen LogP contribution is -2.17. The minimum absolute atomic E-state index is 0.0883. The van der Waals surface area contributed by atoms with Crippen molar-refractivity contribution < 1.29 is 19.4 Å². The number of carbonyl (C=O) groups excluding carboxylic acids is 2. The predicted molar refractivity (Wildman–Crippen MR) is 94.8 cm³/mol. The number of carbonyl (C=O) groups is 2. The Balaban J connectivity index is 1.92. The van der Waals surface area contributed by atoms with Gasteiger partial charge in [0.15, 0.2) is 0 Å². The van der Waals surface area contributed by atoms with Crippen LogP contribution in [-0.2, 0) is 4.79 Å². The SMILES string of the molecule is CCCCC(=O)Oc1cccc(/C=N/NC(=O)c2ccc(O)cc2)c1. The summed E-state index contributed by atoms with van der Waals surface area (Å²) in [5.74, 6) is -0.129. The Morgan fingerprint density at radius 3 is 2.68 bits per heavy atom. The minimum atomic E-state index is -0.390. The van der Waals surface area contributed by atoms with Gasteiger partial charge in [-0.25, -0.2) is 5.43 Å². The molecule has 0 atom stereocenters. The van der Waals surface area contributed by atoms with Gasteiger partial charge in [-0.2, -0.15) is 5.10 Å². The van der Waals surface area contributed by atoms with E-state index in [1.54, 1.807) is 24.3 Å². The fourth-order valence-electron chi connectivity index (χ4n) is 2.00. The number of phenolic OH excluding ortho intramolecular Hbond substituents is 1. The van der Waals surface area contributed by atoms with E-state index in [1.165, 1.54) is 30.5 Å². The van der Waals surface area contributed by atoms with Gasteiger partial charge in [-0.3, -0.25) is 9.59 Å². The van der Waals surface area contributed by atoms with E-state index in [9.17, 15) is 14.7 Å². The summed E-state index contributed by atoms with van der Waals surface area (Å²) in [5, 5.41) is 13.1. The Bertz CT molecular complexity index is 754. The van der Waals surface area contributed by atoms with E-state index in [-0.39, 0.29) is 11.7 Å². The molecule has 0 saturated heterocycles. The van der Waals surface area contributed by atoms with Crippen molar-refractivity contribution in [3.63, 3.8) is 0 Å². The van der Waals surface area contributed by atoms with Gasteiger partial charge in [0.25, 0.3) is 5.91 Å². The van der Waals surface area contributed by atoms with E-state index in [2.05, 4.69) is 10.5 Å². The molecule has 0 bridgehead atoms. The zero-order valence-electron chi connectivity index (χ0n) is 13.9. The molecule has 130 valence electrons. The zero-order valence-corrected chi connectivity index (χ0v) is 13.9. The molecule has 6 nitrogen and oxygen atoms in total. The third-order valence-electron chi connectivity index (χ3n) is 3.33. The van der Waals surface area contributed by atoms with Crippen molar-refractivity contribution in [3.05, 3.63) is 59.7 Å². The van der Waals surface area contributed by atoms with Gasteiger partial charge in [-0.15, -0.1) is 0 Å². The molecule has 0 radical (unpaired) electrons. The predicted octanol–water partition coefficient (Wildman–Crippen LogP) is 3.25. The quantitative estimate of drug-likeness (QED) is 0.350. The molecular weight excluding hydrogens is 320 g/mol. The summed E-state index contributed by atoms with van der Waals surface area (Å²) in [4.78, 5) is 23.5. The molecule has 2 N–H and O–H groups in total. The first-order valence-electron chi connectivity index (χ1n) is 8.01. The lowest BCUT2D eigenvalue weighted by Gasteiger charge is -2.04. The molecule has 2 aromatic rings. The number of nitrogens with zero attached hydrogens (tertiary/aromatic N) is 1. The standard InChI is InChI=1S/C19H20N2O4/c1-2-3-7-18(23)25-17-6-4-5-14(12-17)13-20-21-19(24)15-8-10-16(22)11-9-15/h4-6,8-13,22H,2-3,7H2,1H3,(H,21,24)/b20-13+. The van der Waals surface area contributed by atoms with E-state index >= 15 is 0 Å². The monoisotopic (exact) mass is 340 g/mol. The number of hydrogen-bond donors (Lipinski definition) is 2. The first-order valence-corrected chi connectivity index (χ1v) is 8.01. The Labute approximate surface area is 146 Å². The maximum atomic E-state index is 11.9. The number of rotatable bonds is 7. The van der Waals surface area contributed by atoms with Gasteiger partial charge < -0.3 is 9.84 Å². The molecule has 2 rings (SSSR count). The molecule has 0 aromatic heterocycles. The van der Waals surface area contributed by atoms with E-state index in [0.29, 0.717) is 23.3 Å². The van der Waals surface area contributed by atoms with Crippen molar-refractivity contribution in [1.29, 1.82) is 0 Å². The topological polar surface area (TPSA) is 88.0 Å². The van der Waals surface area contributed by atoms with Crippen LogP contribution in [0.1, 0.15) is 42.1 Å². The number of esters is 1. The Kier molecular flexibility index (Phi) is 6.71. The number of nitrogens with one attached hydrogen (secondary N) is 1. The number of amides is 1. The van der Waals surface area contributed by atoms with Crippen LogP contribution in [0.15, 0.2) is 53.6 Å². The number of ether oxygens (including phenoxy) is 1. The zero-order chi connectivity index (χ0) is 18.1. The maximum Gasteiger partial charge on any atom is 0.311 e. The fraction of sp³-hybridized carbons (Fsp3) is 0.211. The molecule has 0 aliphatic carbocycles. The Morgan fingerprint density at radius 2 is 1.96 bits per heavy atom. The summed E-state index contributed by atoms with van der Waals surface area (Å²) in [6.07, 6.45) is 3.57. The number of hydrazone groups is 1. The van der Waals surface area contributed by atoms with Crippen LogP contribution in [0.2, 0.25) is 0 Å². The van der Waals surface area contributed by atoms with Crippen LogP contribution in [0.25, 0.3) is 0 Å². The van der Waals surface area contributed by atoms with Gasteiger partial charge in [0.2, 0.25) is 0 Å². The van der Waals surface area contributed by atoms with Gasteiger partial charge >= 0.3 is 5.97 Å². The van der Waals surface area contributed by atoms with Crippen molar-refractivity contribution in [2.45, 2.75) is 26.2 Å². The van der Waals surface area contributed by atoms with Crippen LogP contribution >= 0.6 is 0 Å². The highest BCUT2D eigenvalue weighted by molar-refractivity contribution is 5.95. The molecule has 0 spiro atoms. The number of aromatic hydroxyl groups is 1. The highest BCUT2D eigenvalue weighted by atomic mass is 16.5. The fourth-order valence-corrected chi connectivity index (χ4v) is 2.00. The van der Waals surface area contributed by atoms with Crippen molar-refractivity contribution in [2.24, 2.45) is 5.10 Å². The second kappa shape index (κ2) is 9.22. The molecule has 1 amide bonds. The first kappa shape index (κ1) is 18.2. The van der Waals surface area contributed by atoms with Crippen LogP contribution in [0.4, 0.5) is 0 Å². The van der Waals surface area contributed by atoms with E-state index in [0.717, 1.165) is 12.8 Å². The summed E-state index contributed by atoms with van der Waals surface area (Å²) in [6.45, 7) is 2.01. The Morgan fingerprint density at radius 1 is 1.20 bits per heavy atom. The summed E-state index contributed by atoms with van der Waals surface area (Å²) in [6, 6.07) is 12.7. The smallest absolute Gasteiger partial charge is 0.311 e. The van der Waals surface area contributed by atoms with Crippen molar-refractivity contribution in [3.8, 4) is 11.5 Å². The van der Waals surface area contributed by atoms with Crippen molar-refractivity contribution in [2.75, 3.05) is 0 Å². The molecule has 0 unspecified atom stereocenters. The third kappa shape index (κ3) is 6.10. The largest absolute Gasteiger partial charge is 0.508 e. The van der Waals surface area contributed by atoms with Gasteiger partial charge in [0.05, 0.1) is 6.21 Å². The minimum Gasteiger partial charge on any atom is -0.508 e. The summed E-state index contributed by atoms with van der Waals surface area (Å²) < 4.78 is 5.25. The summed E-state index contributed by atoms with van der Waals surface area (Å²) >= 11 is 0. The van der Waals surface area contributed by atoms with E-state index < -0.39 is 5.91 Å². The van der Waals surface area contributed by atoms with Crippen molar-refractivity contribution in [1.82, 2.24) is 5.43 Å². The average molecular weight is 340 g/mol. The van der Waals surface area contributed by atoms with Crippen LogP contribution < -0.4 is 10.2 Å². The van der Waals surface area contributed by atoms with Crippen LogP contribution in [0.3, 0.4) is 0 Å². The highest BCUT2D eigenvalue weighted by Crippen LogP contribution is 2.13. The maximum absolute atomic E-state index is 11.9. The molecule has 2 aromatic carbocycles. The molecule has 0 aliphatic heterocycles. The highest BCUT2D eigenvalue weighted by Gasteiger charge is 2.05.